The van der Waals surface area contributed by atoms with Crippen molar-refractivity contribution in [1.29, 1.82) is 0 Å². The second kappa shape index (κ2) is 10.6. The van der Waals surface area contributed by atoms with Crippen molar-refractivity contribution >= 4 is 39.9 Å². The number of aromatic nitrogens is 1. The van der Waals surface area contributed by atoms with Crippen LogP contribution in [0.5, 0.6) is 5.75 Å². The van der Waals surface area contributed by atoms with Gasteiger partial charge in [-0.2, -0.15) is 0 Å². The Morgan fingerprint density at radius 1 is 1.34 bits per heavy atom. The van der Waals surface area contributed by atoms with Crippen LogP contribution in [0.2, 0.25) is 0 Å². The van der Waals surface area contributed by atoms with Crippen LogP contribution in [0.3, 0.4) is 0 Å². The summed E-state index contributed by atoms with van der Waals surface area (Å²) >= 11 is 1.43. The fourth-order valence-electron chi connectivity index (χ4n) is 3.65. The van der Waals surface area contributed by atoms with Gasteiger partial charge in [0.1, 0.15) is 10.6 Å². The molecule has 2 heterocycles. The number of carboxylic acid groups (broad SMARTS) is 1. The van der Waals surface area contributed by atoms with E-state index in [1.807, 2.05) is 24.5 Å². The van der Waals surface area contributed by atoms with Gasteiger partial charge in [0.25, 0.3) is 0 Å². The van der Waals surface area contributed by atoms with Gasteiger partial charge in [-0.15, -0.1) is 22.5 Å². The Balaban J connectivity index is 2.17. The summed E-state index contributed by atoms with van der Waals surface area (Å²) in [6.07, 6.45) is 10.1. The Labute approximate surface area is 194 Å². The quantitative estimate of drug-likeness (QED) is 0.259. The van der Waals surface area contributed by atoms with Gasteiger partial charge in [-0.05, 0) is 30.9 Å². The number of rotatable bonds is 8. The summed E-state index contributed by atoms with van der Waals surface area (Å²) in [7, 11) is -1.58. The normalized spacial score (nSPS) is 19.4. The van der Waals surface area contributed by atoms with E-state index < -0.39 is 16.7 Å². The first-order chi connectivity index (χ1) is 15.3. The van der Waals surface area contributed by atoms with Gasteiger partial charge in [0.2, 0.25) is 0 Å². The Bertz CT molecular complexity index is 972. The fourth-order valence-corrected chi connectivity index (χ4v) is 5.80. The van der Waals surface area contributed by atoms with Crippen molar-refractivity contribution in [2.24, 2.45) is 0 Å². The maximum absolute atomic E-state index is 11.4. The third kappa shape index (κ3) is 5.21. The number of thioether (sulfide) groups is 1. The number of carbonyl (C=O) groups is 1. The molecule has 1 aliphatic heterocycles. The summed E-state index contributed by atoms with van der Waals surface area (Å²) in [5.41, 5.74) is 1.58. The molecule has 0 amide bonds. The number of pyridine rings is 1. The lowest BCUT2D eigenvalue weighted by atomic mass is 10.1. The molecule has 0 bridgehead atoms. The molecule has 3 N–H and O–H groups in total. The van der Waals surface area contributed by atoms with E-state index in [-0.39, 0.29) is 6.04 Å². The van der Waals surface area contributed by atoms with Gasteiger partial charge in [0.15, 0.2) is 0 Å². The lowest BCUT2D eigenvalue weighted by molar-refractivity contribution is -0.131. The van der Waals surface area contributed by atoms with Crippen molar-refractivity contribution in [1.82, 2.24) is 9.29 Å². The summed E-state index contributed by atoms with van der Waals surface area (Å²) in [6.45, 7) is 2.69. The maximum atomic E-state index is 11.4. The maximum Gasteiger partial charge on any atom is 0.331 e. The second-order valence-corrected chi connectivity index (χ2v) is 10.3. The molecule has 0 aliphatic carbocycles. The number of nitrogens with zero attached hydrogens (tertiary/aromatic N) is 3. The second-order valence-electron chi connectivity index (χ2n) is 7.41. The van der Waals surface area contributed by atoms with Crippen LogP contribution in [-0.4, -0.2) is 55.4 Å². The zero-order chi connectivity index (χ0) is 23.3. The molecular formula is C22H29N3O5S2. The minimum Gasteiger partial charge on any atom is -0.478 e. The van der Waals surface area contributed by atoms with Crippen LogP contribution in [0.1, 0.15) is 26.2 Å². The van der Waals surface area contributed by atoms with E-state index in [1.165, 1.54) is 11.8 Å². The van der Waals surface area contributed by atoms with Gasteiger partial charge < -0.3 is 14.7 Å². The van der Waals surface area contributed by atoms with Crippen molar-refractivity contribution in [3.63, 3.8) is 0 Å². The third-order valence-electron chi connectivity index (χ3n) is 5.41. The van der Waals surface area contributed by atoms with Crippen molar-refractivity contribution in [3.8, 4) is 5.75 Å². The fraction of sp³-hybridized carbons (Fsp3) is 0.364. The highest BCUT2D eigenvalue weighted by Crippen LogP contribution is 2.60. The zero-order valence-corrected chi connectivity index (χ0v) is 20.0. The number of hydrogen-bond acceptors (Lipinski definition) is 8. The van der Waals surface area contributed by atoms with Gasteiger partial charge in [-0.3, -0.25) is 14.1 Å². The van der Waals surface area contributed by atoms with Gasteiger partial charge in [0.05, 0.1) is 22.9 Å². The van der Waals surface area contributed by atoms with E-state index >= 15 is 0 Å². The molecule has 1 aromatic heterocycles. The first-order valence-electron chi connectivity index (χ1n) is 10.3. The first-order valence-corrected chi connectivity index (χ1v) is 13.0. The monoisotopic (exact) mass is 479 g/mol. The number of carboxylic acids is 1. The predicted octanol–water partition coefficient (Wildman–Crippen LogP) is 5.45. The van der Waals surface area contributed by atoms with Crippen LogP contribution >= 0.6 is 22.5 Å². The number of hydrogen-bond donors (Lipinski definition) is 3. The molecule has 0 radical (unpaired) electrons. The average molecular weight is 480 g/mol. The van der Waals surface area contributed by atoms with Crippen molar-refractivity contribution in [2.75, 3.05) is 24.7 Å². The third-order valence-corrected chi connectivity index (χ3v) is 8.19. The summed E-state index contributed by atoms with van der Waals surface area (Å²) in [4.78, 5) is 18.1. The predicted molar refractivity (Wildman–Crippen MR) is 129 cm³/mol. The van der Waals surface area contributed by atoms with Crippen molar-refractivity contribution in [3.05, 3.63) is 49.0 Å². The largest absolute Gasteiger partial charge is 0.478 e. The van der Waals surface area contributed by atoms with E-state index in [1.54, 1.807) is 29.8 Å². The Morgan fingerprint density at radius 3 is 2.69 bits per heavy atom. The van der Waals surface area contributed by atoms with Crippen molar-refractivity contribution < 1.29 is 23.7 Å². The molecule has 1 aromatic carbocycles. The highest BCUT2D eigenvalue weighted by Gasteiger charge is 2.37. The summed E-state index contributed by atoms with van der Waals surface area (Å²) in [5.74, 6) is -0.763. The molecule has 10 heteroatoms. The number of aliphatic carboxylic acids is 1. The van der Waals surface area contributed by atoms with Crippen LogP contribution in [0.4, 0.5) is 11.4 Å². The molecule has 8 nitrogen and oxygen atoms in total. The Kier molecular flexibility index (Phi) is 8.07. The molecule has 1 aliphatic rings. The summed E-state index contributed by atoms with van der Waals surface area (Å²) in [5, 5.41) is 8.86. The molecule has 1 unspecified atom stereocenters. The minimum atomic E-state index is -3.32. The highest BCUT2D eigenvalue weighted by molar-refractivity contribution is 8.22. The zero-order valence-electron chi connectivity index (χ0n) is 18.3. The molecule has 0 fully saturated rings. The van der Waals surface area contributed by atoms with Crippen molar-refractivity contribution in [2.45, 2.75) is 42.0 Å². The first kappa shape index (κ1) is 24.4. The molecule has 174 valence electrons. The number of fused-ring (bicyclic) bond motifs is 1. The summed E-state index contributed by atoms with van der Waals surface area (Å²) < 4.78 is 30.0. The van der Waals surface area contributed by atoms with Crippen LogP contribution < -0.4 is 9.64 Å². The van der Waals surface area contributed by atoms with Crippen LogP contribution in [0.25, 0.3) is 0 Å². The Morgan fingerprint density at radius 2 is 2.06 bits per heavy atom. The van der Waals surface area contributed by atoms with E-state index in [0.29, 0.717) is 22.9 Å². The topological polar surface area (TPSA) is 106 Å². The lowest BCUT2D eigenvalue weighted by Gasteiger charge is -2.43. The SMILES string of the molecule is CCCCC1CN(c2ccncc2)c2cc(SC)c(O/C=C/C(=O)O)cc2S(O)(O)N1C. The molecule has 32 heavy (non-hydrogen) atoms. The van der Waals surface area contributed by atoms with E-state index in [2.05, 4.69) is 16.8 Å². The molecule has 1 atom stereocenters. The highest BCUT2D eigenvalue weighted by atomic mass is 32.3. The van der Waals surface area contributed by atoms with Gasteiger partial charge in [-0.25, -0.2) is 9.10 Å². The average Bonchev–Trinajstić information content (AvgIpc) is 2.86. The summed E-state index contributed by atoms with van der Waals surface area (Å²) in [6, 6.07) is 7.19. The minimum absolute atomic E-state index is 0.0884. The number of benzene rings is 1. The standard InChI is InChI=1S/C22H29N3O5S2/c1-4-5-6-17-15-25(16-7-10-23-11-8-16)18-13-20(31-3)19(30-12-9-22(26)27)14-21(18)32(28,29)24(17)2/h7-14,17,28-29H,4-6,15H2,1-3H3,(H,26,27)/b12-9+. The molecular weight excluding hydrogens is 450 g/mol. The van der Waals surface area contributed by atoms with E-state index in [9.17, 15) is 13.9 Å². The van der Waals surface area contributed by atoms with Gasteiger partial charge in [0, 0.05) is 43.8 Å². The smallest absolute Gasteiger partial charge is 0.331 e. The molecule has 0 saturated carbocycles. The number of likely N-dealkylation sites (N-methyl/N-ethyl adjacent to an activating group) is 1. The Hall–Kier alpha value is -2.24. The van der Waals surface area contributed by atoms with Gasteiger partial charge >= 0.3 is 5.97 Å². The lowest BCUT2D eigenvalue weighted by Crippen LogP contribution is -2.39. The van der Waals surface area contributed by atoms with Gasteiger partial charge in [-0.1, -0.05) is 19.8 Å². The van der Waals surface area contributed by atoms with E-state index in [0.717, 1.165) is 42.2 Å². The molecule has 3 rings (SSSR count). The molecule has 0 spiro atoms. The molecule has 2 aromatic rings. The van der Waals surface area contributed by atoms with Crippen LogP contribution in [0.15, 0.2) is 58.8 Å². The number of anilines is 2. The van der Waals surface area contributed by atoms with E-state index in [4.69, 9.17) is 9.84 Å². The number of ether oxygens (including phenoxy) is 1. The van der Waals surface area contributed by atoms with Crippen LogP contribution in [0, 0.1) is 0 Å². The van der Waals surface area contributed by atoms with Crippen LogP contribution in [-0.2, 0) is 4.79 Å². The number of unbranched alkanes of at least 4 members (excludes halogenated alkanes) is 1. The molecule has 0 saturated heterocycles.